The quantitative estimate of drug-likeness (QED) is 0.0406. The number of piperazine rings is 1. The zero-order valence-electron chi connectivity index (χ0n) is 44.2. The number of imide groups is 1. The summed E-state index contributed by atoms with van der Waals surface area (Å²) in [4.78, 5) is 63.8. The van der Waals surface area contributed by atoms with Crippen molar-refractivity contribution in [2.24, 2.45) is 0 Å². The van der Waals surface area contributed by atoms with Gasteiger partial charge in [0.05, 0.1) is 47.9 Å². The second kappa shape index (κ2) is 23.6. The van der Waals surface area contributed by atoms with Gasteiger partial charge in [-0.15, -0.1) is 0 Å². The van der Waals surface area contributed by atoms with Crippen molar-refractivity contribution in [1.82, 2.24) is 35.1 Å². The number of piperidine rings is 2. The number of anilines is 6. The Hall–Kier alpha value is -6.51. The maximum Gasteiger partial charge on any atom is 0.249 e. The summed E-state index contributed by atoms with van der Waals surface area (Å²) in [5, 5.41) is 10.0. The van der Waals surface area contributed by atoms with E-state index in [0.29, 0.717) is 69.5 Å². The Labute approximate surface area is 458 Å². The zero-order chi connectivity index (χ0) is 54.6. The SMILES string of the molecule is CCc1ncc2c(P(C)(C)=O)c(Nc3nc(Nc4cc(CC)c(N5CCC(N6CCN(CCc7ccc(N(C=O)C8CCC(=O)NC8=O)c(OC)c7)CC6)CC5)cc4OC)ncc3S(=O)(=O)c3ccc(Br)cc3)ccc2n1. The molecule has 0 radical (unpaired) electrons. The molecule has 3 amide bonds. The molecule has 3 saturated heterocycles. The van der Waals surface area contributed by atoms with Crippen molar-refractivity contribution in [3.05, 3.63) is 101 Å². The van der Waals surface area contributed by atoms with E-state index in [2.05, 4.69) is 74.5 Å². The fourth-order valence-corrected chi connectivity index (χ4v) is 13.6. The first-order valence-electron chi connectivity index (χ1n) is 25.9. The summed E-state index contributed by atoms with van der Waals surface area (Å²) in [5.74, 6) is 1.02. The maximum atomic E-state index is 14.4. The Kier molecular flexibility index (Phi) is 16.9. The van der Waals surface area contributed by atoms with Gasteiger partial charge in [-0.1, -0.05) is 35.8 Å². The highest BCUT2D eigenvalue weighted by Gasteiger charge is 2.34. The summed E-state index contributed by atoms with van der Waals surface area (Å²) >= 11 is 3.40. The average Bonchev–Trinajstić information content (AvgIpc) is 3.45. The number of rotatable bonds is 19. The third kappa shape index (κ3) is 12.1. The number of carbonyl (C=O) groups excluding carboxylic acids is 3. The lowest BCUT2D eigenvalue weighted by atomic mass is 9.99. The molecule has 3 aliphatic rings. The van der Waals surface area contributed by atoms with Gasteiger partial charge in [-0.3, -0.25) is 29.5 Å². The van der Waals surface area contributed by atoms with Gasteiger partial charge in [-0.25, -0.2) is 23.4 Å². The molecule has 0 saturated carbocycles. The summed E-state index contributed by atoms with van der Waals surface area (Å²) < 4.78 is 55.2. The molecule has 5 heterocycles. The Balaban J connectivity index is 0.867. The van der Waals surface area contributed by atoms with Gasteiger partial charge in [0.25, 0.3) is 0 Å². The van der Waals surface area contributed by atoms with Crippen molar-refractivity contribution in [2.75, 3.05) is 93.8 Å². The van der Waals surface area contributed by atoms with E-state index in [1.54, 1.807) is 58.0 Å². The second-order valence-corrected chi connectivity index (χ2v) is 25.8. The highest BCUT2D eigenvalue weighted by Crippen LogP contribution is 2.43. The van der Waals surface area contributed by atoms with Gasteiger partial charge < -0.3 is 34.5 Å². The van der Waals surface area contributed by atoms with E-state index >= 15 is 0 Å². The number of methoxy groups -OCH3 is 2. The fraction of sp³-hybridized carbons (Fsp3) is 0.400. The molecule has 0 spiro atoms. The number of amides is 3. The van der Waals surface area contributed by atoms with Crippen LogP contribution in [-0.2, 0) is 48.0 Å². The number of hydrogen-bond donors (Lipinski definition) is 3. The van der Waals surface area contributed by atoms with E-state index in [1.807, 2.05) is 31.2 Å². The molecule has 1 unspecified atom stereocenters. The van der Waals surface area contributed by atoms with Gasteiger partial charge in [0.2, 0.25) is 34.0 Å². The smallest absolute Gasteiger partial charge is 0.249 e. The number of fused-ring (bicyclic) bond motifs is 1. The number of nitrogens with zero attached hydrogens (tertiary/aromatic N) is 8. The monoisotopic (exact) mass is 1150 g/mol. The Morgan fingerprint density at radius 2 is 1.58 bits per heavy atom. The highest BCUT2D eigenvalue weighted by molar-refractivity contribution is 9.10. The lowest BCUT2D eigenvalue weighted by Crippen LogP contribution is -2.53. The predicted octanol–water partition coefficient (Wildman–Crippen LogP) is 7.49. The molecule has 0 aliphatic carbocycles. The predicted molar refractivity (Wildman–Crippen MR) is 303 cm³/mol. The molecule has 4 aromatic carbocycles. The van der Waals surface area contributed by atoms with Crippen LogP contribution in [0, 0.1) is 0 Å². The molecule has 3 fully saturated rings. The molecular formula is C55H65BrN11O8PS. The maximum absolute atomic E-state index is 14.4. The van der Waals surface area contributed by atoms with Gasteiger partial charge in [0.1, 0.15) is 35.4 Å². The van der Waals surface area contributed by atoms with Crippen LogP contribution in [-0.4, -0.2) is 142 Å². The van der Waals surface area contributed by atoms with Crippen LogP contribution in [0.2, 0.25) is 0 Å². The molecule has 19 nitrogen and oxygen atoms in total. The highest BCUT2D eigenvalue weighted by atomic mass is 79.9. The molecule has 0 bridgehead atoms. The molecule has 3 N–H and O–H groups in total. The lowest BCUT2D eigenvalue weighted by molar-refractivity contribution is -0.134. The van der Waals surface area contributed by atoms with E-state index in [9.17, 15) is 27.4 Å². The summed E-state index contributed by atoms with van der Waals surface area (Å²) in [6.45, 7) is 13.9. The Bertz CT molecular complexity index is 3350. The Morgan fingerprint density at radius 1 is 0.844 bits per heavy atom. The first-order valence-corrected chi connectivity index (χ1v) is 30.8. The summed E-state index contributed by atoms with van der Waals surface area (Å²) in [6.07, 6.45) is 8.21. The van der Waals surface area contributed by atoms with Gasteiger partial charge in [-0.05, 0) is 111 Å². The first kappa shape index (κ1) is 55.3. The van der Waals surface area contributed by atoms with Crippen LogP contribution in [0.25, 0.3) is 10.9 Å². The average molecular weight is 1150 g/mol. The minimum Gasteiger partial charge on any atom is -0.495 e. The van der Waals surface area contributed by atoms with Crippen molar-refractivity contribution in [3.63, 3.8) is 0 Å². The standard InChI is InChI=1S/C55H65BrN11O8PS/c1-7-36-30-43(61-55-58-33-49(77(72,73)39-12-10-37(56)11-13-39)53(63-55)60-42-15-14-41-40(52(42)76(5,6)71)32-57-50(8-2)59-41)47(74-3)31-46(36)66-23-20-38(21-24-66)65-27-25-64(26-28-65)22-19-35-9-16-44(48(29-35)75-4)67(34-68)45-17-18-51(69)62-54(45)70/h9-16,29-34,38,45H,7-8,17-28H2,1-6H3,(H,62,69,70)(H2,58,60,61,63). The van der Waals surface area contributed by atoms with E-state index in [-0.39, 0.29) is 40.3 Å². The second-order valence-electron chi connectivity index (χ2n) is 19.9. The zero-order valence-corrected chi connectivity index (χ0v) is 47.5. The topological polar surface area (TPSA) is 221 Å². The van der Waals surface area contributed by atoms with Crippen LogP contribution in [0.5, 0.6) is 11.5 Å². The molecule has 9 rings (SSSR count). The number of nitrogens with one attached hydrogen (secondary N) is 3. The van der Waals surface area contributed by atoms with E-state index in [0.717, 1.165) is 92.8 Å². The summed E-state index contributed by atoms with van der Waals surface area (Å²) in [6, 6.07) is 19.4. The summed E-state index contributed by atoms with van der Waals surface area (Å²) in [5.41, 5.74) is 5.42. The van der Waals surface area contributed by atoms with E-state index in [4.69, 9.17) is 14.5 Å². The Morgan fingerprint density at radius 3 is 2.25 bits per heavy atom. The normalized spacial score (nSPS) is 17.0. The van der Waals surface area contributed by atoms with Crippen LogP contribution in [0.1, 0.15) is 56.5 Å². The van der Waals surface area contributed by atoms with Crippen molar-refractivity contribution in [1.29, 1.82) is 0 Å². The number of aromatic nitrogens is 4. The number of benzene rings is 4. The third-order valence-corrected chi connectivity index (χ3v) is 18.6. The van der Waals surface area contributed by atoms with Crippen LogP contribution < -0.4 is 40.5 Å². The first-order chi connectivity index (χ1) is 37.0. The van der Waals surface area contributed by atoms with Crippen LogP contribution in [0.3, 0.4) is 0 Å². The van der Waals surface area contributed by atoms with Crippen molar-refractivity contribution >= 4 is 102 Å². The molecule has 6 aromatic rings. The molecule has 77 heavy (non-hydrogen) atoms. The molecule has 22 heteroatoms. The van der Waals surface area contributed by atoms with Gasteiger partial charge in [0.15, 0.2) is 5.82 Å². The third-order valence-electron chi connectivity index (χ3n) is 14.7. The van der Waals surface area contributed by atoms with Crippen LogP contribution in [0.4, 0.5) is 34.5 Å². The molecular weight excluding hydrogens is 1090 g/mol. The number of sulfone groups is 1. The van der Waals surface area contributed by atoms with E-state index < -0.39 is 28.9 Å². The molecule has 1 atom stereocenters. The van der Waals surface area contributed by atoms with Crippen LogP contribution in [0.15, 0.2) is 93.4 Å². The van der Waals surface area contributed by atoms with Crippen molar-refractivity contribution in [2.45, 2.75) is 80.7 Å². The number of aryl methyl sites for hydroxylation is 2. The number of ether oxygens (including phenoxy) is 2. The largest absolute Gasteiger partial charge is 0.495 e. The number of halogens is 1. The minimum absolute atomic E-state index is 0.0106. The molecule has 3 aliphatic heterocycles. The van der Waals surface area contributed by atoms with Gasteiger partial charge in [-0.2, -0.15) is 4.98 Å². The molecule has 406 valence electrons. The van der Waals surface area contributed by atoms with Crippen molar-refractivity contribution < 1.29 is 36.8 Å². The van der Waals surface area contributed by atoms with E-state index in [1.165, 1.54) is 23.2 Å². The van der Waals surface area contributed by atoms with Gasteiger partial charge in [0, 0.05) is 97.8 Å². The number of hydrogen-bond acceptors (Lipinski definition) is 17. The number of carbonyl (C=O) groups is 3. The van der Waals surface area contributed by atoms with Gasteiger partial charge >= 0.3 is 0 Å². The van der Waals surface area contributed by atoms with Crippen LogP contribution >= 0.6 is 23.1 Å². The summed E-state index contributed by atoms with van der Waals surface area (Å²) in [7, 11) is -4.02. The lowest BCUT2D eigenvalue weighted by Gasteiger charge is -2.43. The fourth-order valence-electron chi connectivity index (χ4n) is 10.6. The molecule has 2 aromatic heterocycles. The van der Waals surface area contributed by atoms with Crippen molar-refractivity contribution in [3.8, 4) is 11.5 Å². The minimum atomic E-state index is -4.17.